The summed E-state index contributed by atoms with van der Waals surface area (Å²) in [5.41, 5.74) is 1.05. The van der Waals surface area contributed by atoms with Crippen LogP contribution >= 0.6 is 11.3 Å². The Morgan fingerprint density at radius 2 is 2.12 bits per heavy atom. The Balaban J connectivity index is 2.07. The molecule has 0 N–H and O–H groups in total. The molecule has 128 valence electrons. The van der Waals surface area contributed by atoms with E-state index >= 15 is 0 Å². The van der Waals surface area contributed by atoms with Crippen LogP contribution in [0.2, 0.25) is 0 Å². The molecule has 3 rings (SSSR count). The van der Waals surface area contributed by atoms with Crippen molar-refractivity contribution in [2.75, 3.05) is 13.7 Å². The maximum Gasteiger partial charge on any atom is 0.262 e. The lowest BCUT2D eigenvalue weighted by Crippen LogP contribution is -2.25. The molecule has 1 aromatic carbocycles. The molecular weight excluding hydrogens is 334 g/mol. The van der Waals surface area contributed by atoms with Crippen LogP contribution in [0.3, 0.4) is 0 Å². The average molecular weight is 353 g/mol. The summed E-state index contributed by atoms with van der Waals surface area (Å²) in [5.74, 6) is 0.721. The van der Waals surface area contributed by atoms with Gasteiger partial charge in [0.25, 0.3) is 5.56 Å². The molecular formula is C19H19N3O2S. The van der Waals surface area contributed by atoms with Gasteiger partial charge in [-0.15, -0.1) is 11.3 Å². The highest BCUT2D eigenvalue weighted by molar-refractivity contribution is 7.21. The number of ether oxygens (including phenoxy) is 1. The van der Waals surface area contributed by atoms with Gasteiger partial charge in [0.2, 0.25) is 0 Å². The van der Waals surface area contributed by atoms with E-state index in [1.165, 1.54) is 11.3 Å². The van der Waals surface area contributed by atoms with Crippen molar-refractivity contribution < 1.29 is 4.74 Å². The van der Waals surface area contributed by atoms with Crippen LogP contribution in [-0.2, 0) is 17.7 Å². The minimum atomic E-state index is -0.0347. The second-order valence-electron chi connectivity index (χ2n) is 5.68. The van der Waals surface area contributed by atoms with Gasteiger partial charge >= 0.3 is 0 Å². The molecule has 0 saturated heterocycles. The van der Waals surface area contributed by atoms with Crippen LogP contribution in [0.5, 0.6) is 0 Å². The van der Waals surface area contributed by atoms with Crippen molar-refractivity contribution in [2.24, 2.45) is 0 Å². The fraction of sp³-hybridized carbons (Fsp3) is 0.316. The summed E-state index contributed by atoms with van der Waals surface area (Å²) < 4.78 is 6.84. The van der Waals surface area contributed by atoms with E-state index in [1.807, 2.05) is 36.4 Å². The van der Waals surface area contributed by atoms with E-state index in [4.69, 9.17) is 15.0 Å². The zero-order valence-corrected chi connectivity index (χ0v) is 14.9. The predicted molar refractivity (Wildman–Crippen MR) is 99.7 cm³/mol. The largest absolute Gasteiger partial charge is 0.384 e. The number of nitriles is 1. The summed E-state index contributed by atoms with van der Waals surface area (Å²) in [6.45, 7) is 1.01. The highest BCUT2D eigenvalue weighted by atomic mass is 32.1. The van der Waals surface area contributed by atoms with Crippen LogP contribution in [0.4, 0.5) is 0 Å². The molecule has 3 aromatic rings. The zero-order valence-electron chi connectivity index (χ0n) is 14.1. The number of aromatic nitrogens is 2. The Morgan fingerprint density at radius 3 is 2.84 bits per heavy atom. The fourth-order valence-corrected chi connectivity index (χ4v) is 3.78. The molecule has 0 unspecified atom stereocenters. The highest BCUT2D eigenvalue weighted by Gasteiger charge is 2.14. The number of rotatable bonds is 7. The highest BCUT2D eigenvalue weighted by Crippen LogP contribution is 2.31. The third kappa shape index (κ3) is 3.78. The van der Waals surface area contributed by atoms with Crippen LogP contribution in [-0.4, -0.2) is 23.3 Å². The number of unbranched alkanes of at least 4 members (excludes halogenated alkanes) is 1. The molecule has 0 bridgehead atoms. The van der Waals surface area contributed by atoms with E-state index in [1.54, 1.807) is 11.7 Å². The van der Waals surface area contributed by atoms with Gasteiger partial charge in [0.1, 0.15) is 10.7 Å². The van der Waals surface area contributed by atoms with Gasteiger partial charge in [0, 0.05) is 31.4 Å². The third-order valence-electron chi connectivity index (χ3n) is 3.99. The first kappa shape index (κ1) is 17.3. The van der Waals surface area contributed by atoms with E-state index in [9.17, 15) is 4.79 Å². The number of thiophene rings is 1. The Labute approximate surface area is 150 Å². The fourth-order valence-electron chi connectivity index (χ4n) is 2.73. The molecule has 0 spiro atoms. The van der Waals surface area contributed by atoms with Gasteiger partial charge in [-0.1, -0.05) is 30.3 Å². The monoisotopic (exact) mass is 353 g/mol. The minimum absolute atomic E-state index is 0.0347. The standard InChI is InChI=1S/C19H19N3O2S/c1-24-12-9-17-21-18-15(19(23)22(17)11-6-5-10-20)13-16(25-18)14-7-3-2-4-8-14/h2-4,7-8,13H,5-6,9,11-12H2,1H3. The van der Waals surface area contributed by atoms with E-state index in [0.29, 0.717) is 37.8 Å². The van der Waals surface area contributed by atoms with E-state index in [-0.39, 0.29) is 5.56 Å². The maximum absolute atomic E-state index is 13.0. The first-order valence-electron chi connectivity index (χ1n) is 8.19. The molecule has 6 heteroatoms. The zero-order chi connectivity index (χ0) is 17.6. The van der Waals surface area contributed by atoms with Crippen molar-refractivity contribution in [3.8, 4) is 16.5 Å². The average Bonchev–Trinajstić information content (AvgIpc) is 3.07. The lowest BCUT2D eigenvalue weighted by atomic mass is 10.2. The summed E-state index contributed by atoms with van der Waals surface area (Å²) in [4.78, 5) is 19.5. The van der Waals surface area contributed by atoms with Crippen LogP contribution in [0, 0.1) is 11.3 Å². The number of nitrogens with zero attached hydrogens (tertiary/aromatic N) is 3. The van der Waals surface area contributed by atoms with Gasteiger partial charge in [-0.25, -0.2) is 4.98 Å². The second-order valence-corrected chi connectivity index (χ2v) is 6.72. The summed E-state index contributed by atoms with van der Waals surface area (Å²) in [6, 6.07) is 14.0. The Kier molecular flexibility index (Phi) is 5.59. The van der Waals surface area contributed by atoms with Crippen molar-refractivity contribution in [3.05, 3.63) is 52.6 Å². The van der Waals surface area contributed by atoms with E-state index in [0.717, 1.165) is 21.1 Å². The number of fused-ring (bicyclic) bond motifs is 1. The van der Waals surface area contributed by atoms with Gasteiger partial charge in [-0.3, -0.25) is 9.36 Å². The number of benzene rings is 1. The van der Waals surface area contributed by atoms with Gasteiger partial charge in [0.05, 0.1) is 18.1 Å². The quantitative estimate of drug-likeness (QED) is 0.609. The molecule has 25 heavy (non-hydrogen) atoms. The predicted octanol–water partition coefficient (Wildman–Crippen LogP) is 3.62. The van der Waals surface area contributed by atoms with Crippen molar-refractivity contribution in [2.45, 2.75) is 25.8 Å². The number of methoxy groups -OCH3 is 1. The Bertz CT molecular complexity index is 954. The van der Waals surface area contributed by atoms with E-state index in [2.05, 4.69) is 6.07 Å². The molecule has 0 atom stereocenters. The van der Waals surface area contributed by atoms with Gasteiger partial charge in [-0.05, 0) is 18.1 Å². The molecule has 0 aliphatic rings. The number of hydrogen-bond acceptors (Lipinski definition) is 5. The summed E-state index contributed by atoms with van der Waals surface area (Å²) in [5, 5.41) is 9.39. The van der Waals surface area contributed by atoms with Crippen molar-refractivity contribution >= 4 is 21.6 Å². The lowest BCUT2D eigenvalue weighted by Gasteiger charge is -2.11. The SMILES string of the molecule is COCCc1nc2sc(-c3ccccc3)cc2c(=O)n1CCCC#N. The second kappa shape index (κ2) is 8.06. The molecule has 5 nitrogen and oxygen atoms in total. The molecule has 0 radical (unpaired) electrons. The minimum Gasteiger partial charge on any atom is -0.384 e. The summed E-state index contributed by atoms with van der Waals surface area (Å²) in [7, 11) is 1.63. The molecule has 2 heterocycles. The van der Waals surface area contributed by atoms with Crippen LogP contribution in [0.1, 0.15) is 18.7 Å². The molecule has 0 aliphatic carbocycles. The van der Waals surface area contributed by atoms with Gasteiger partial charge in [-0.2, -0.15) is 5.26 Å². The van der Waals surface area contributed by atoms with Gasteiger partial charge < -0.3 is 4.74 Å². The molecule has 0 fully saturated rings. The normalized spacial score (nSPS) is 10.9. The summed E-state index contributed by atoms with van der Waals surface area (Å²) in [6.07, 6.45) is 1.64. The molecule has 0 saturated carbocycles. The third-order valence-corrected chi connectivity index (χ3v) is 5.07. The van der Waals surface area contributed by atoms with Crippen molar-refractivity contribution in [1.29, 1.82) is 5.26 Å². The molecule has 0 amide bonds. The first-order chi connectivity index (χ1) is 12.2. The summed E-state index contributed by atoms with van der Waals surface area (Å²) >= 11 is 1.53. The smallest absolute Gasteiger partial charge is 0.262 e. The maximum atomic E-state index is 13.0. The van der Waals surface area contributed by atoms with Gasteiger partial charge in [0.15, 0.2) is 0 Å². The van der Waals surface area contributed by atoms with Crippen molar-refractivity contribution in [1.82, 2.24) is 9.55 Å². The van der Waals surface area contributed by atoms with Crippen LogP contribution in [0.25, 0.3) is 20.7 Å². The number of hydrogen-bond donors (Lipinski definition) is 0. The Hall–Kier alpha value is -2.49. The van der Waals surface area contributed by atoms with Crippen LogP contribution in [0.15, 0.2) is 41.2 Å². The van der Waals surface area contributed by atoms with Crippen molar-refractivity contribution in [3.63, 3.8) is 0 Å². The van der Waals surface area contributed by atoms with Crippen LogP contribution < -0.4 is 5.56 Å². The molecule has 0 aliphatic heterocycles. The topological polar surface area (TPSA) is 67.9 Å². The lowest BCUT2D eigenvalue weighted by molar-refractivity contribution is 0.199. The van der Waals surface area contributed by atoms with E-state index < -0.39 is 0 Å². The molecule has 2 aromatic heterocycles. The Morgan fingerprint density at radius 1 is 1.32 bits per heavy atom. The first-order valence-corrected chi connectivity index (χ1v) is 9.01.